The molecule has 3 rings (SSSR count). The number of likely N-dealkylation sites (tertiary alicyclic amines) is 1. The van der Waals surface area contributed by atoms with Crippen LogP contribution in [0.4, 0.5) is 0 Å². The fourth-order valence-corrected chi connectivity index (χ4v) is 4.56. The van der Waals surface area contributed by atoms with E-state index in [1.807, 2.05) is 24.3 Å². The van der Waals surface area contributed by atoms with Gasteiger partial charge in [0.05, 0.1) is 12.5 Å². The lowest BCUT2D eigenvalue weighted by Gasteiger charge is -2.28. The van der Waals surface area contributed by atoms with Crippen LogP contribution in [0.5, 0.6) is 0 Å². The van der Waals surface area contributed by atoms with Crippen molar-refractivity contribution >= 4 is 40.6 Å². The molecule has 4 unspecified atom stereocenters. The summed E-state index contributed by atoms with van der Waals surface area (Å²) in [4.78, 5) is 66.3. The number of carbonyl (C=O) groups excluding carboxylic acids is 3. The molecule has 1 saturated heterocycles. The van der Waals surface area contributed by atoms with Gasteiger partial charge in [0.1, 0.15) is 18.1 Å². The van der Waals surface area contributed by atoms with E-state index in [1.54, 1.807) is 20.0 Å². The summed E-state index contributed by atoms with van der Waals surface area (Å²) in [5.41, 5.74) is 7.32. The maximum atomic E-state index is 13.3. The minimum Gasteiger partial charge on any atom is -0.481 e. The number of carboxylic acids is 2. The van der Waals surface area contributed by atoms with E-state index in [9.17, 15) is 29.1 Å². The molecule has 12 nitrogen and oxygen atoms in total. The second kappa shape index (κ2) is 11.9. The normalized spacial score (nSPS) is 17.8. The average Bonchev–Trinajstić information content (AvgIpc) is 3.48. The summed E-state index contributed by atoms with van der Waals surface area (Å²) < 4.78 is 0. The third kappa shape index (κ3) is 6.64. The molecule has 1 aromatic carbocycles. The van der Waals surface area contributed by atoms with E-state index in [1.165, 1.54) is 4.90 Å². The average molecular weight is 516 g/mol. The van der Waals surface area contributed by atoms with Gasteiger partial charge in [-0.15, -0.1) is 0 Å². The fourth-order valence-electron chi connectivity index (χ4n) is 4.56. The molecule has 37 heavy (non-hydrogen) atoms. The van der Waals surface area contributed by atoms with E-state index < -0.39 is 66.2 Å². The van der Waals surface area contributed by atoms with Crippen molar-refractivity contribution in [2.24, 2.45) is 11.7 Å². The second-order valence-corrected chi connectivity index (χ2v) is 9.59. The number of fused-ring (bicyclic) bond motifs is 1. The van der Waals surface area contributed by atoms with Gasteiger partial charge < -0.3 is 36.5 Å². The number of H-pyrrole nitrogens is 1. The molecule has 0 radical (unpaired) electrons. The molecule has 7 N–H and O–H groups in total. The predicted octanol–water partition coefficient (Wildman–Crippen LogP) is 0.214. The zero-order valence-electron chi connectivity index (χ0n) is 20.8. The first-order chi connectivity index (χ1) is 17.5. The second-order valence-electron chi connectivity index (χ2n) is 9.59. The highest BCUT2D eigenvalue weighted by atomic mass is 16.4. The smallest absolute Gasteiger partial charge is 0.326 e. The van der Waals surface area contributed by atoms with Crippen molar-refractivity contribution < 1.29 is 34.2 Å². The summed E-state index contributed by atoms with van der Waals surface area (Å²) in [6.45, 7) is 3.56. The number of nitrogens with one attached hydrogen (secondary N) is 3. The molecule has 12 heteroatoms. The van der Waals surface area contributed by atoms with Crippen molar-refractivity contribution in [2.75, 3.05) is 6.54 Å². The van der Waals surface area contributed by atoms with Crippen molar-refractivity contribution in [3.63, 3.8) is 0 Å². The molecular weight excluding hydrogens is 482 g/mol. The number of amides is 3. The van der Waals surface area contributed by atoms with Crippen LogP contribution < -0.4 is 16.4 Å². The number of benzene rings is 1. The van der Waals surface area contributed by atoms with Crippen LogP contribution in [0.2, 0.25) is 0 Å². The quantitative estimate of drug-likeness (QED) is 0.244. The number of para-hydroxylation sites is 1. The molecule has 4 atom stereocenters. The molecule has 0 spiro atoms. The van der Waals surface area contributed by atoms with Gasteiger partial charge in [0, 0.05) is 30.1 Å². The summed E-state index contributed by atoms with van der Waals surface area (Å²) in [5, 5.41) is 24.6. The van der Waals surface area contributed by atoms with Gasteiger partial charge in [-0.3, -0.25) is 19.2 Å². The lowest BCUT2D eigenvalue weighted by Crippen LogP contribution is -2.57. The zero-order chi connectivity index (χ0) is 27.3. The van der Waals surface area contributed by atoms with E-state index >= 15 is 0 Å². The molecule has 0 saturated carbocycles. The Morgan fingerprint density at radius 1 is 1.14 bits per heavy atom. The first-order valence-electron chi connectivity index (χ1n) is 12.2. The minimum absolute atomic E-state index is 0.0746. The fraction of sp³-hybridized carbons (Fsp3) is 0.480. The maximum Gasteiger partial charge on any atom is 0.326 e. The van der Waals surface area contributed by atoms with Crippen LogP contribution in [0.15, 0.2) is 30.5 Å². The number of aliphatic carboxylic acids is 2. The molecule has 3 amide bonds. The van der Waals surface area contributed by atoms with Crippen molar-refractivity contribution in [3.8, 4) is 0 Å². The molecule has 1 fully saturated rings. The monoisotopic (exact) mass is 515 g/mol. The summed E-state index contributed by atoms with van der Waals surface area (Å²) >= 11 is 0. The Balaban J connectivity index is 1.83. The van der Waals surface area contributed by atoms with Crippen molar-refractivity contribution in [1.29, 1.82) is 0 Å². The van der Waals surface area contributed by atoms with E-state index in [-0.39, 0.29) is 13.0 Å². The zero-order valence-corrected chi connectivity index (χ0v) is 20.8. The predicted molar refractivity (Wildman–Crippen MR) is 133 cm³/mol. The number of hydrogen-bond donors (Lipinski definition) is 6. The number of nitrogens with two attached hydrogens (primary N) is 1. The molecule has 0 bridgehead atoms. The highest BCUT2D eigenvalue weighted by molar-refractivity contribution is 5.95. The summed E-state index contributed by atoms with van der Waals surface area (Å²) in [6.07, 6.45) is 2.07. The molecule has 1 aliphatic rings. The number of hydrogen-bond acceptors (Lipinski definition) is 6. The topological polar surface area (TPSA) is 195 Å². The first-order valence-corrected chi connectivity index (χ1v) is 12.2. The lowest BCUT2D eigenvalue weighted by atomic mass is 10.0. The summed E-state index contributed by atoms with van der Waals surface area (Å²) in [6, 6.07) is 2.93. The Morgan fingerprint density at radius 2 is 1.84 bits per heavy atom. The van der Waals surface area contributed by atoms with Crippen molar-refractivity contribution in [2.45, 2.75) is 63.7 Å². The van der Waals surface area contributed by atoms with Gasteiger partial charge in [0.15, 0.2) is 0 Å². The number of aromatic nitrogens is 1. The van der Waals surface area contributed by atoms with Gasteiger partial charge in [0.2, 0.25) is 17.7 Å². The van der Waals surface area contributed by atoms with Gasteiger partial charge in [-0.25, -0.2) is 4.79 Å². The van der Waals surface area contributed by atoms with Crippen LogP contribution in [-0.2, 0) is 30.4 Å². The first kappa shape index (κ1) is 27.7. The molecule has 0 aliphatic carbocycles. The van der Waals surface area contributed by atoms with Crippen LogP contribution in [0.3, 0.4) is 0 Å². The number of nitrogens with zero attached hydrogens (tertiary/aromatic N) is 1. The van der Waals surface area contributed by atoms with E-state index in [0.29, 0.717) is 12.8 Å². The van der Waals surface area contributed by atoms with Crippen LogP contribution in [0.25, 0.3) is 10.9 Å². The molecular formula is C25H33N5O7. The number of rotatable bonds is 11. The van der Waals surface area contributed by atoms with Crippen LogP contribution >= 0.6 is 0 Å². The minimum atomic E-state index is -1.29. The molecule has 2 heterocycles. The van der Waals surface area contributed by atoms with Gasteiger partial charge >= 0.3 is 11.9 Å². The van der Waals surface area contributed by atoms with Crippen LogP contribution in [0.1, 0.15) is 38.7 Å². The van der Waals surface area contributed by atoms with E-state index in [2.05, 4.69) is 15.6 Å². The number of aromatic amines is 1. The Hall–Kier alpha value is -3.93. The van der Waals surface area contributed by atoms with Gasteiger partial charge in [-0.05, 0) is 30.4 Å². The third-order valence-corrected chi connectivity index (χ3v) is 6.51. The number of carboxylic acid groups (broad SMARTS) is 2. The van der Waals surface area contributed by atoms with Crippen molar-refractivity contribution in [1.82, 2.24) is 20.5 Å². The van der Waals surface area contributed by atoms with E-state index in [0.717, 1.165) is 16.5 Å². The van der Waals surface area contributed by atoms with E-state index in [4.69, 9.17) is 10.8 Å². The lowest BCUT2D eigenvalue weighted by molar-refractivity contribution is -0.144. The standard InChI is InChI=1S/C25H33N5O7/c1-13(2)21(25(36)37)29-22(33)18(10-14-12-27-17-7-4-3-6-15(14)17)28-23(34)19-8-5-9-30(19)24(35)16(26)11-20(31)32/h3-4,6-7,12-13,16,18-19,21,27H,5,8-11,26H2,1-2H3,(H,28,34)(H,29,33)(H,31,32)(H,36,37). The summed E-state index contributed by atoms with van der Waals surface area (Å²) in [5.74, 6) is -4.73. The van der Waals surface area contributed by atoms with Gasteiger partial charge in [-0.1, -0.05) is 32.0 Å². The van der Waals surface area contributed by atoms with Gasteiger partial charge in [-0.2, -0.15) is 0 Å². The van der Waals surface area contributed by atoms with Crippen molar-refractivity contribution in [3.05, 3.63) is 36.0 Å². The Kier molecular flexibility index (Phi) is 8.87. The van der Waals surface area contributed by atoms with Gasteiger partial charge in [0.25, 0.3) is 0 Å². The SMILES string of the molecule is CC(C)C(NC(=O)C(Cc1c[nH]c2ccccc12)NC(=O)C1CCCN1C(=O)C(N)CC(=O)O)C(=O)O. The Bertz CT molecular complexity index is 1180. The highest BCUT2D eigenvalue weighted by Gasteiger charge is 2.38. The third-order valence-electron chi connectivity index (χ3n) is 6.51. The molecule has 1 aliphatic heterocycles. The molecule has 200 valence electrons. The summed E-state index contributed by atoms with van der Waals surface area (Å²) in [7, 11) is 0. The Labute approximate surface area is 213 Å². The number of carbonyl (C=O) groups is 5. The molecule has 2 aromatic rings. The van der Waals surface area contributed by atoms with Crippen LogP contribution in [0, 0.1) is 5.92 Å². The Morgan fingerprint density at radius 3 is 2.49 bits per heavy atom. The largest absolute Gasteiger partial charge is 0.481 e. The van der Waals surface area contributed by atoms with Crippen LogP contribution in [-0.4, -0.2) is 80.5 Å². The molecule has 1 aromatic heterocycles. The maximum absolute atomic E-state index is 13.3. The highest BCUT2D eigenvalue weighted by Crippen LogP contribution is 2.22.